The molecule has 0 fully saturated rings. The number of hydrogen-bond acceptors (Lipinski definition) is 3. The third kappa shape index (κ3) is 2.39. The summed E-state index contributed by atoms with van der Waals surface area (Å²) < 4.78 is 5.08. The fourth-order valence-corrected chi connectivity index (χ4v) is 1.25. The lowest BCUT2D eigenvalue weighted by atomic mass is 10.2. The van der Waals surface area contributed by atoms with Crippen LogP contribution in [-0.4, -0.2) is 5.97 Å². The molecule has 0 atom stereocenters. The van der Waals surface area contributed by atoms with Gasteiger partial charge >= 0.3 is 5.97 Å². The molecule has 2 aromatic rings. The van der Waals surface area contributed by atoms with E-state index in [9.17, 15) is 9.90 Å². The zero-order valence-electron chi connectivity index (χ0n) is 8.42. The molecule has 0 aliphatic carbocycles. The van der Waals surface area contributed by atoms with Crippen molar-refractivity contribution in [3.05, 3.63) is 60.2 Å². The maximum Gasteiger partial charge on any atom is 0.343 e. The summed E-state index contributed by atoms with van der Waals surface area (Å²) in [6, 6.07) is 14.3. The van der Waals surface area contributed by atoms with Crippen molar-refractivity contribution in [1.82, 2.24) is 0 Å². The normalized spacial score (nSPS) is 9.75. The Morgan fingerprint density at radius 3 is 2.19 bits per heavy atom. The Hall–Kier alpha value is -2.29. The van der Waals surface area contributed by atoms with Crippen molar-refractivity contribution in [3.63, 3.8) is 0 Å². The summed E-state index contributed by atoms with van der Waals surface area (Å²) in [5.74, 6) is -0.174. The highest BCUT2D eigenvalue weighted by atomic mass is 16.5. The number of ether oxygens (including phenoxy) is 1. The molecule has 2 rings (SSSR count). The lowest BCUT2D eigenvalue weighted by Crippen LogP contribution is -2.08. The number of carbonyl (C=O) groups is 1. The molecular weight excluding hydrogens is 204 g/mol. The summed E-state index contributed by atoms with van der Waals surface area (Å²) in [7, 11) is 0. The largest absolute Gasteiger partial charge is 0.872 e. The molecule has 16 heavy (non-hydrogen) atoms. The van der Waals surface area contributed by atoms with Crippen LogP contribution in [0.3, 0.4) is 0 Å². The Bertz CT molecular complexity index is 474. The average Bonchev–Trinajstić information content (AvgIpc) is 2.33. The topological polar surface area (TPSA) is 49.4 Å². The second-order valence-corrected chi connectivity index (χ2v) is 3.23. The van der Waals surface area contributed by atoms with E-state index in [1.54, 1.807) is 24.3 Å². The quantitative estimate of drug-likeness (QED) is 0.566. The first kappa shape index (κ1) is 10.2. The van der Waals surface area contributed by atoms with E-state index in [1.165, 1.54) is 24.3 Å². The molecule has 0 saturated carbocycles. The van der Waals surface area contributed by atoms with E-state index in [0.29, 0.717) is 11.3 Å². The summed E-state index contributed by atoms with van der Waals surface area (Å²) in [5.41, 5.74) is 0.480. The van der Waals surface area contributed by atoms with E-state index in [-0.39, 0.29) is 5.75 Å². The molecule has 0 aliphatic rings. The van der Waals surface area contributed by atoms with E-state index in [2.05, 4.69) is 0 Å². The molecule has 0 heterocycles. The fraction of sp³-hybridized carbons (Fsp3) is 0. The Morgan fingerprint density at radius 1 is 0.938 bits per heavy atom. The third-order valence-corrected chi connectivity index (χ3v) is 2.04. The molecule has 3 heteroatoms. The Labute approximate surface area is 92.9 Å². The maximum atomic E-state index is 11.6. The van der Waals surface area contributed by atoms with E-state index in [1.807, 2.05) is 6.07 Å². The van der Waals surface area contributed by atoms with Gasteiger partial charge in [-0.2, -0.15) is 0 Å². The van der Waals surface area contributed by atoms with Crippen molar-refractivity contribution in [1.29, 1.82) is 0 Å². The third-order valence-electron chi connectivity index (χ3n) is 2.04. The van der Waals surface area contributed by atoms with Gasteiger partial charge in [-0.3, -0.25) is 0 Å². The van der Waals surface area contributed by atoms with Crippen molar-refractivity contribution in [2.45, 2.75) is 0 Å². The molecule has 0 saturated heterocycles. The van der Waals surface area contributed by atoms with Crippen LogP contribution in [0.15, 0.2) is 54.6 Å². The average molecular weight is 213 g/mol. The van der Waals surface area contributed by atoms with Crippen molar-refractivity contribution < 1.29 is 14.6 Å². The lowest BCUT2D eigenvalue weighted by molar-refractivity contribution is -0.268. The van der Waals surface area contributed by atoms with Gasteiger partial charge in [0, 0.05) is 0 Å². The Balaban J connectivity index is 2.11. The first-order chi connectivity index (χ1) is 7.75. The van der Waals surface area contributed by atoms with Gasteiger partial charge < -0.3 is 9.84 Å². The predicted molar refractivity (Wildman–Crippen MR) is 57.3 cm³/mol. The smallest absolute Gasteiger partial charge is 0.343 e. The van der Waals surface area contributed by atoms with E-state index >= 15 is 0 Å². The van der Waals surface area contributed by atoms with Crippen molar-refractivity contribution >= 4 is 5.97 Å². The van der Waals surface area contributed by atoms with Gasteiger partial charge in [0.1, 0.15) is 5.75 Å². The Morgan fingerprint density at radius 2 is 1.56 bits per heavy atom. The van der Waals surface area contributed by atoms with Gasteiger partial charge in [0.2, 0.25) is 0 Å². The minimum absolute atomic E-state index is 0.112. The molecule has 0 aliphatic heterocycles. The molecular formula is C13H9O3-. The van der Waals surface area contributed by atoms with Crippen LogP contribution in [0, 0.1) is 0 Å². The van der Waals surface area contributed by atoms with Crippen LogP contribution >= 0.6 is 0 Å². The molecule has 0 amide bonds. The summed E-state index contributed by atoms with van der Waals surface area (Å²) in [4.78, 5) is 11.6. The van der Waals surface area contributed by atoms with Gasteiger partial charge in [0.05, 0.1) is 5.56 Å². The second kappa shape index (κ2) is 4.49. The molecule has 0 spiro atoms. The summed E-state index contributed by atoms with van der Waals surface area (Å²) in [5, 5.41) is 10.8. The van der Waals surface area contributed by atoms with Gasteiger partial charge in [-0.1, -0.05) is 30.3 Å². The molecule has 0 unspecified atom stereocenters. The Kier molecular flexibility index (Phi) is 2.87. The van der Waals surface area contributed by atoms with Crippen LogP contribution in [-0.2, 0) is 0 Å². The number of rotatable bonds is 2. The zero-order valence-corrected chi connectivity index (χ0v) is 8.42. The summed E-state index contributed by atoms with van der Waals surface area (Å²) in [6.45, 7) is 0. The van der Waals surface area contributed by atoms with Crippen LogP contribution in [0.25, 0.3) is 0 Å². The number of carbonyl (C=O) groups excluding carboxylic acids is 1. The predicted octanol–water partition coefficient (Wildman–Crippen LogP) is 1.98. The minimum atomic E-state index is -0.431. The lowest BCUT2D eigenvalue weighted by Gasteiger charge is -2.07. The molecule has 80 valence electrons. The van der Waals surface area contributed by atoms with Crippen molar-refractivity contribution in [2.24, 2.45) is 0 Å². The van der Waals surface area contributed by atoms with Gasteiger partial charge in [-0.25, -0.2) is 4.79 Å². The van der Waals surface area contributed by atoms with Crippen LogP contribution in [0.2, 0.25) is 0 Å². The maximum absolute atomic E-state index is 11.6. The first-order valence-electron chi connectivity index (χ1n) is 4.80. The van der Waals surface area contributed by atoms with Crippen LogP contribution < -0.4 is 9.84 Å². The number of esters is 1. The first-order valence-corrected chi connectivity index (χ1v) is 4.80. The zero-order chi connectivity index (χ0) is 11.4. The van der Waals surface area contributed by atoms with E-state index in [0.717, 1.165) is 0 Å². The van der Waals surface area contributed by atoms with E-state index in [4.69, 9.17) is 4.74 Å². The standard InChI is InChI=1S/C13H10O3/c14-11-6-8-12(9-7-11)16-13(15)10-4-2-1-3-5-10/h1-9,14H/p-1. The molecule has 0 radical (unpaired) electrons. The highest BCUT2D eigenvalue weighted by Crippen LogP contribution is 2.15. The van der Waals surface area contributed by atoms with Gasteiger partial charge in [-0.05, 0) is 24.3 Å². The van der Waals surface area contributed by atoms with Crippen molar-refractivity contribution in [2.75, 3.05) is 0 Å². The minimum Gasteiger partial charge on any atom is -0.872 e. The van der Waals surface area contributed by atoms with Crippen molar-refractivity contribution in [3.8, 4) is 11.5 Å². The van der Waals surface area contributed by atoms with E-state index < -0.39 is 5.97 Å². The second-order valence-electron chi connectivity index (χ2n) is 3.23. The SMILES string of the molecule is O=C(Oc1ccc([O-])cc1)c1ccccc1. The van der Waals surface area contributed by atoms with Crippen LogP contribution in [0.1, 0.15) is 10.4 Å². The molecule has 0 N–H and O–H groups in total. The highest BCUT2D eigenvalue weighted by Gasteiger charge is 2.06. The highest BCUT2D eigenvalue weighted by molar-refractivity contribution is 5.90. The van der Waals surface area contributed by atoms with Gasteiger partial charge in [0.25, 0.3) is 0 Å². The summed E-state index contributed by atoms with van der Waals surface area (Å²) >= 11 is 0. The molecule has 0 aromatic heterocycles. The van der Waals surface area contributed by atoms with Crippen LogP contribution in [0.4, 0.5) is 0 Å². The van der Waals surface area contributed by atoms with Gasteiger partial charge in [0.15, 0.2) is 0 Å². The number of hydrogen-bond donors (Lipinski definition) is 0. The monoisotopic (exact) mass is 213 g/mol. The summed E-state index contributed by atoms with van der Waals surface area (Å²) in [6.07, 6.45) is 0. The molecule has 2 aromatic carbocycles. The molecule has 3 nitrogen and oxygen atoms in total. The number of benzene rings is 2. The van der Waals surface area contributed by atoms with Crippen LogP contribution in [0.5, 0.6) is 11.5 Å². The molecule has 0 bridgehead atoms. The van der Waals surface area contributed by atoms with Gasteiger partial charge in [-0.15, -0.1) is 5.75 Å². The fourth-order valence-electron chi connectivity index (χ4n) is 1.25.